The number of azo groups is 4. The predicted octanol–water partition coefficient (Wildman–Crippen LogP) is 13.9. The predicted molar refractivity (Wildman–Crippen MR) is 221 cm³/mol. The Labute approximate surface area is 329 Å². The van der Waals surface area contributed by atoms with E-state index < -0.39 is 5.41 Å². The molecule has 0 fully saturated rings. The van der Waals surface area contributed by atoms with Gasteiger partial charge in [-0.1, -0.05) is 66.7 Å². The number of hydrogen-bond acceptors (Lipinski definition) is 11. The minimum absolute atomic E-state index is 0.708. The van der Waals surface area contributed by atoms with Gasteiger partial charge in [0.15, 0.2) is 0 Å². The average molecular weight is 740 g/mol. The summed E-state index contributed by atoms with van der Waals surface area (Å²) in [6, 6.07) is 53.2. The van der Waals surface area contributed by atoms with Gasteiger partial charge in [-0.15, -0.1) is 0 Å². The number of nitrogens with zero attached hydrogens (tertiary/aromatic N) is 11. The molecule has 8 aromatic rings. The lowest BCUT2D eigenvalue weighted by Crippen LogP contribution is -2.30. The van der Waals surface area contributed by atoms with Gasteiger partial charge in [0.2, 0.25) is 0 Å². The maximum absolute atomic E-state index is 4.53. The Bertz CT molecular complexity index is 2240. The number of benzene rings is 5. The van der Waals surface area contributed by atoms with E-state index in [1.165, 1.54) is 0 Å². The Morgan fingerprint density at radius 3 is 0.684 bits per heavy atom. The molecule has 0 bridgehead atoms. The van der Waals surface area contributed by atoms with Crippen LogP contribution in [0.3, 0.4) is 0 Å². The monoisotopic (exact) mass is 739 g/mol. The third-order valence-electron chi connectivity index (χ3n) is 9.07. The van der Waals surface area contributed by atoms with E-state index in [0.717, 1.165) is 50.7 Å². The van der Waals surface area contributed by atoms with Crippen LogP contribution in [-0.4, -0.2) is 15.0 Å². The molecule has 8 rings (SSSR count). The summed E-state index contributed by atoms with van der Waals surface area (Å²) in [6.07, 6.45) is 10.2. The van der Waals surface area contributed by atoms with E-state index in [-0.39, 0.29) is 0 Å². The van der Waals surface area contributed by atoms with Crippen LogP contribution < -0.4 is 0 Å². The zero-order valence-electron chi connectivity index (χ0n) is 30.5. The quantitative estimate of drug-likeness (QED) is 0.0910. The second-order valence-electron chi connectivity index (χ2n) is 12.7. The molecule has 3 aromatic heterocycles. The fourth-order valence-corrected chi connectivity index (χ4v) is 6.30. The number of rotatable bonds is 12. The van der Waals surface area contributed by atoms with Gasteiger partial charge in [-0.3, -0.25) is 15.0 Å². The number of aromatic nitrogens is 3. The van der Waals surface area contributed by atoms with Crippen LogP contribution in [0, 0.1) is 0 Å². The molecule has 0 aliphatic carbocycles. The molecule has 0 unspecified atom stereocenters. The van der Waals surface area contributed by atoms with Crippen LogP contribution in [-0.2, 0) is 5.41 Å². The van der Waals surface area contributed by atoms with Gasteiger partial charge in [-0.25, -0.2) is 0 Å². The zero-order valence-corrected chi connectivity index (χ0v) is 30.5. The van der Waals surface area contributed by atoms with E-state index in [4.69, 9.17) is 0 Å². The van der Waals surface area contributed by atoms with E-state index in [1.807, 2.05) is 115 Å². The lowest BCUT2D eigenvalue weighted by atomic mass is 9.65. The van der Waals surface area contributed by atoms with Crippen molar-refractivity contribution in [1.29, 1.82) is 0 Å². The normalized spacial score (nSPS) is 11.9. The third-order valence-corrected chi connectivity index (χ3v) is 9.07. The molecule has 3 heterocycles. The lowest BCUT2D eigenvalue weighted by Gasteiger charge is -2.37. The molecule has 0 aliphatic rings. The highest BCUT2D eigenvalue weighted by Gasteiger charge is 2.38. The molecule has 0 saturated carbocycles. The average Bonchev–Trinajstić information content (AvgIpc) is 3.29. The highest BCUT2D eigenvalue weighted by molar-refractivity contribution is 5.64. The van der Waals surface area contributed by atoms with Crippen molar-refractivity contribution >= 4 is 45.5 Å². The van der Waals surface area contributed by atoms with Gasteiger partial charge in [0.05, 0.1) is 50.9 Å². The van der Waals surface area contributed by atoms with Crippen LogP contribution in [0.1, 0.15) is 22.3 Å². The highest BCUT2D eigenvalue weighted by Crippen LogP contribution is 2.47. The van der Waals surface area contributed by atoms with E-state index in [2.05, 4.69) is 104 Å². The van der Waals surface area contributed by atoms with Crippen LogP contribution >= 0.6 is 0 Å². The van der Waals surface area contributed by atoms with Gasteiger partial charge in [-0.2, -0.15) is 40.9 Å². The summed E-state index contributed by atoms with van der Waals surface area (Å²) in [5.74, 6) is 0. The summed E-state index contributed by atoms with van der Waals surface area (Å²) in [5.41, 5.74) is 8.97. The number of pyridine rings is 3. The van der Waals surface area contributed by atoms with Gasteiger partial charge in [-0.05, 0) is 119 Å². The molecule has 0 spiro atoms. The Kier molecular flexibility index (Phi) is 11.0. The molecule has 0 radical (unpaired) electrons. The molecule has 0 saturated heterocycles. The maximum atomic E-state index is 4.53. The fraction of sp³-hybridized carbons (Fsp3) is 0.0217. The van der Waals surface area contributed by atoms with Crippen LogP contribution in [0.4, 0.5) is 45.5 Å². The minimum atomic E-state index is -0.822. The van der Waals surface area contributed by atoms with Crippen molar-refractivity contribution in [2.75, 3.05) is 0 Å². The van der Waals surface area contributed by atoms with Crippen LogP contribution in [0.15, 0.2) is 242 Å². The Hall–Kier alpha value is -8.05. The van der Waals surface area contributed by atoms with E-state index in [0.29, 0.717) is 17.1 Å². The first-order valence-corrected chi connectivity index (χ1v) is 18.1. The molecule has 11 heteroatoms. The SMILES string of the molecule is c1ccc(/N=N/c2ccc(C(c3ccc(/N=N/c4ccncc4)cc3)(c3ccc(/N=N/c4ccncc4)cc3)c3ccc(/N=N/c4ccncc4)cc3)cc2)cc1. The first-order chi connectivity index (χ1) is 28.2. The lowest BCUT2D eigenvalue weighted by molar-refractivity contribution is 0.745. The molecule has 0 amide bonds. The third kappa shape index (κ3) is 8.69. The topological polar surface area (TPSA) is 138 Å². The maximum Gasteiger partial charge on any atom is 0.0887 e. The molecular formula is C46H33N11. The Morgan fingerprint density at radius 1 is 0.228 bits per heavy atom. The first kappa shape index (κ1) is 36.0. The summed E-state index contributed by atoms with van der Waals surface area (Å²) in [7, 11) is 0. The van der Waals surface area contributed by atoms with Crippen LogP contribution in [0.5, 0.6) is 0 Å². The second-order valence-corrected chi connectivity index (χ2v) is 12.7. The van der Waals surface area contributed by atoms with Gasteiger partial charge in [0.25, 0.3) is 0 Å². The van der Waals surface area contributed by atoms with Crippen molar-refractivity contribution < 1.29 is 0 Å². The Morgan fingerprint density at radius 2 is 0.439 bits per heavy atom. The summed E-state index contributed by atoms with van der Waals surface area (Å²) in [6.45, 7) is 0. The first-order valence-electron chi connectivity index (χ1n) is 18.1. The summed E-state index contributed by atoms with van der Waals surface area (Å²) in [4.78, 5) is 12.2. The highest BCUT2D eigenvalue weighted by atomic mass is 15.1. The summed E-state index contributed by atoms with van der Waals surface area (Å²) in [5, 5.41) is 35.7. The molecule has 0 atom stereocenters. The molecule has 0 aliphatic heterocycles. The van der Waals surface area contributed by atoms with E-state index >= 15 is 0 Å². The van der Waals surface area contributed by atoms with E-state index in [9.17, 15) is 0 Å². The van der Waals surface area contributed by atoms with Crippen molar-refractivity contribution in [3.8, 4) is 0 Å². The molecule has 57 heavy (non-hydrogen) atoms. The Balaban J connectivity index is 1.25. The smallest absolute Gasteiger partial charge is 0.0887 e. The zero-order chi connectivity index (χ0) is 38.5. The van der Waals surface area contributed by atoms with Crippen molar-refractivity contribution in [3.05, 3.63) is 223 Å². The molecule has 0 N–H and O–H groups in total. The minimum Gasteiger partial charge on any atom is -0.265 e. The van der Waals surface area contributed by atoms with Crippen molar-refractivity contribution in [3.63, 3.8) is 0 Å². The van der Waals surface area contributed by atoms with Gasteiger partial charge in [0, 0.05) is 37.2 Å². The van der Waals surface area contributed by atoms with Gasteiger partial charge < -0.3 is 0 Å². The van der Waals surface area contributed by atoms with E-state index in [1.54, 1.807) is 37.2 Å². The largest absolute Gasteiger partial charge is 0.265 e. The molecule has 11 nitrogen and oxygen atoms in total. The van der Waals surface area contributed by atoms with Crippen LogP contribution in [0.25, 0.3) is 0 Å². The van der Waals surface area contributed by atoms with Crippen molar-refractivity contribution in [2.45, 2.75) is 5.41 Å². The van der Waals surface area contributed by atoms with Gasteiger partial charge in [0.1, 0.15) is 0 Å². The summed E-state index contributed by atoms with van der Waals surface area (Å²) >= 11 is 0. The van der Waals surface area contributed by atoms with Gasteiger partial charge >= 0.3 is 0 Å². The molecule has 5 aromatic carbocycles. The summed E-state index contributed by atoms with van der Waals surface area (Å²) < 4.78 is 0. The van der Waals surface area contributed by atoms with Crippen LogP contribution in [0.2, 0.25) is 0 Å². The molecule has 272 valence electrons. The standard InChI is InChI=1S/C46H33N11/c1-2-4-38(5-3-1)50-51-39-14-6-34(7-15-39)46(35-8-16-40(17-9-35)52-55-43-22-28-47-29-23-43,36-10-18-41(19-11-36)53-56-44-24-30-48-31-25-44)37-12-20-42(21-13-37)54-57-45-26-32-49-33-27-45/h1-33H/b51-50+,55-52+,56-53+,57-54+. The fourth-order valence-electron chi connectivity index (χ4n) is 6.30. The van der Waals surface area contributed by atoms with Crippen molar-refractivity contribution in [1.82, 2.24) is 15.0 Å². The second kappa shape index (κ2) is 17.4. The number of hydrogen-bond donors (Lipinski definition) is 0. The van der Waals surface area contributed by atoms with Crippen molar-refractivity contribution in [2.24, 2.45) is 40.9 Å². The molecular weight excluding hydrogens is 707 g/mol.